The average Bonchev–Trinajstić information content (AvgIpc) is 2.76. The Balaban J connectivity index is 2.27. The van der Waals surface area contributed by atoms with Crippen LogP contribution in [0.4, 0.5) is 5.69 Å². The first-order valence-electron chi connectivity index (χ1n) is 6.37. The number of nitrogens with zero attached hydrogens (tertiary/aromatic N) is 1. The van der Waals surface area contributed by atoms with Crippen molar-refractivity contribution in [1.29, 1.82) is 0 Å². The fraction of sp³-hybridized carbons (Fsp3) is 0.385. The van der Waals surface area contributed by atoms with Crippen molar-refractivity contribution in [3.63, 3.8) is 0 Å². The molecule has 0 aromatic heterocycles. The number of carbonyl (C=O) groups is 2. The Bertz CT molecular complexity index is 654. The summed E-state index contributed by atoms with van der Waals surface area (Å²) in [7, 11) is -3.11. The van der Waals surface area contributed by atoms with E-state index in [4.69, 9.17) is 10.8 Å². The summed E-state index contributed by atoms with van der Waals surface area (Å²) < 4.78 is 23.1. The largest absolute Gasteiger partial charge is 0.480 e. The van der Waals surface area contributed by atoms with Crippen LogP contribution in [0.5, 0.6) is 0 Å². The normalized spacial score (nSPS) is 20.1. The smallest absolute Gasteiger partial charge is 0.323 e. The van der Waals surface area contributed by atoms with Gasteiger partial charge in [0.1, 0.15) is 6.54 Å². The number of hydrogen-bond donors (Lipinski definition) is 2. The Hall–Kier alpha value is -2.09. The highest BCUT2D eigenvalue weighted by molar-refractivity contribution is 7.91. The Labute approximate surface area is 122 Å². The van der Waals surface area contributed by atoms with Crippen molar-refractivity contribution < 1.29 is 23.1 Å². The third-order valence-corrected chi connectivity index (χ3v) is 5.19. The topological polar surface area (TPSA) is 118 Å². The minimum absolute atomic E-state index is 0.0577. The van der Waals surface area contributed by atoms with E-state index in [2.05, 4.69) is 0 Å². The lowest BCUT2D eigenvalue weighted by molar-refractivity contribution is -0.135. The number of rotatable bonds is 5. The standard InChI is InChI=1S/C13H16N2O5S/c14-13(18)9-1-3-10(4-2-9)15(7-12(16)17)11-5-6-21(19,20)8-11/h1-4,11H,5-8H2,(H2,14,18)(H,16,17). The van der Waals surface area contributed by atoms with Crippen molar-refractivity contribution >= 4 is 27.4 Å². The molecule has 1 aromatic rings. The molecule has 1 atom stereocenters. The first-order chi connectivity index (χ1) is 9.78. The van der Waals surface area contributed by atoms with E-state index in [0.717, 1.165) is 0 Å². The molecule has 1 aliphatic heterocycles. The van der Waals surface area contributed by atoms with Gasteiger partial charge < -0.3 is 15.7 Å². The van der Waals surface area contributed by atoms with E-state index in [1.165, 1.54) is 17.0 Å². The Morgan fingerprint density at radius 1 is 1.29 bits per heavy atom. The zero-order valence-electron chi connectivity index (χ0n) is 11.2. The second-order valence-electron chi connectivity index (χ2n) is 4.99. The van der Waals surface area contributed by atoms with Gasteiger partial charge in [-0.3, -0.25) is 9.59 Å². The number of carboxylic acid groups (broad SMARTS) is 1. The lowest BCUT2D eigenvalue weighted by atomic mass is 10.1. The number of carboxylic acids is 1. The number of sulfone groups is 1. The first-order valence-corrected chi connectivity index (χ1v) is 8.19. The van der Waals surface area contributed by atoms with Crippen molar-refractivity contribution in [3.05, 3.63) is 29.8 Å². The zero-order chi connectivity index (χ0) is 15.6. The lowest BCUT2D eigenvalue weighted by Gasteiger charge is -2.28. The highest BCUT2D eigenvalue weighted by atomic mass is 32.2. The molecule has 0 bridgehead atoms. The van der Waals surface area contributed by atoms with Crippen LogP contribution in [-0.4, -0.2) is 49.5 Å². The van der Waals surface area contributed by atoms with E-state index in [9.17, 15) is 18.0 Å². The summed E-state index contributed by atoms with van der Waals surface area (Å²) in [4.78, 5) is 23.6. The van der Waals surface area contributed by atoms with Crippen molar-refractivity contribution in [1.82, 2.24) is 0 Å². The summed E-state index contributed by atoms with van der Waals surface area (Å²) in [6.07, 6.45) is 0.396. The van der Waals surface area contributed by atoms with Gasteiger partial charge in [-0.2, -0.15) is 0 Å². The molecule has 0 saturated carbocycles. The molecule has 2 rings (SSSR count). The quantitative estimate of drug-likeness (QED) is 0.781. The van der Waals surface area contributed by atoms with E-state index < -0.39 is 21.7 Å². The molecule has 0 aliphatic carbocycles. The number of amides is 1. The monoisotopic (exact) mass is 312 g/mol. The van der Waals surface area contributed by atoms with Crippen LogP contribution < -0.4 is 10.6 Å². The molecule has 1 amide bonds. The summed E-state index contributed by atoms with van der Waals surface area (Å²) in [5, 5.41) is 9.01. The van der Waals surface area contributed by atoms with Crippen LogP contribution in [0.2, 0.25) is 0 Å². The number of primary amides is 1. The SMILES string of the molecule is NC(=O)c1ccc(N(CC(=O)O)C2CCS(=O)(=O)C2)cc1. The Morgan fingerprint density at radius 3 is 2.33 bits per heavy atom. The summed E-state index contributed by atoms with van der Waals surface area (Å²) in [5.41, 5.74) is 6.03. The molecule has 8 heteroatoms. The number of benzene rings is 1. The van der Waals surface area contributed by atoms with E-state index in [1.807, 2.05) is 0 Å². The van der Waals surface area contributed by atoms with Gasteiger partial charge in [-0.25, -0.2) is 8.42 Å². The molecule has 21 heavy (non-hydrogen) atoms. The number of carbonyl (C=O) groups excluding carboxylic acids is 1. The van der Waals surface area contributed by atoms with Gasteiger partial charge in [0.2, 0.25) is 5.91 Å². The van der Waals surface area contributed by atoms with Crippen LogP contribution in [0.25, 0.3) is 0 Å². The van der Waals surface area contributed by atoms with Gasteiger partial charge in [0.05, 0.1) is 11.5 Å². The summed E-state index contributed by atoms with van der Waals surface area (Å²) in [6.45, 7) is -0.296. The molecule has 1 saturated heterocycles. The molecular weight excluding hydrogens is 296 g/mol. The molecule has 0 radical (unpaired) electrons. The summed E-state index contributed by atoms with van der Waals surface area (Å²) >= 11 is 0. The predicted molar refractivity (Wildman–Crippen MR) is 77.0 cm³/mol. The van der Waals surface area contributed by atoms with E-state index >= 15 is 0 Å². The molecule has 114 valence electrons. The van der Waals surface area contributed by atoms with Crippen LogP contribution in [-0.2, 0) is 14.6 Å². The fourth-order valence-electron chi connectivity index (χ4n) is 2.42. The second-order valence-corrected chi connectivity index (χ2v) is 7.22. The van der Waals surface area contributed by atoms with Crippen LogP contribution >= 0.6 is 0 Å². The van der Waals surface area contributed by atoms with Gasteiger partial charge in [0, 0.05) is 17.3 Å². The maximum Gasteiger partial charge on any atom is 0.323 e. The van der Waals surface area contributed by atoms with Crippen LogP contribution in [0, 0.1) is 0 Å². The van der Waals surface area contributed by atoms with Gasteiger partial charge >= 0.3 is 5.97 Å². The van der Waals surface area contributed by atoms with Crippen molar-refractivity contribution in [3.8, 4) is 0 Å². The molecule has 1 aliphatic rings. The van der Waals surface area contributed by atoms with Gasteiger partial charge in [0.15, 0.2) is 9.84 Å². The first kappa shape index (κ1) is 15.3. The van der Waals surface area contributed by atoms with E-state index in [0.29, 0.717) is 17.7 Å². The van der Waals surface area contributed by atoms with Crippen molar-refractivity contribution in [2.75, 3.05) is 23.0 Å². The number of aliphatic carboxylic acids is 1. The molecule has 1 fully saturated rings. The molecule has 1 heterocycles. The molecule has 7 nitrogen and oxygen atoms in total. The minimum Gasteiger partial charge on any atom is -0.480 e. The Kier molecular flexibility index (Phi) is 4.17. The van der Waals surface area contributed by atoms with Gasteiger partial charge in [-0.15, -0.1) is 0 Å². The minimum atomic E-state index is -3.11. The maximum atomic E-state index is 11.6. The lowest BCUT2D eigenvalue weighted by Crippen LogP contribution is -2.40. The maximum absolute atomic E-state index is 11.6. The van der Waals surface area contributed by atoms with E-state index in [1.54, 1.807) is 12.1 Å². The third kappa shape index (κ3) is 3.72. The highest BCUT2D eigenvalue weighted by Gasteiger charge is 2.33. The van der Waals surface area contributed by atoms with Gasteiger partial charge in [-0.1, -0.05) is 0 Å². The number of anilines is 1. The number of nitrogens with two attached hydrogens (primary N) is 1. The van der Waals surface area contributed by atoms with Crippen LogP contribution in [0.3, 0.4) is 0 Å². The molecule has 3 N–H and O–H groups in total. The zero-order valence-corrected chi connectivity index (χ0v) is 12.0. The summed E-state index contributed by atoms with van der Waals surface area (Å²) in [5.74, 6) is -1.61. The molecule has 0 spiro atoms. The van der Waals surface area contributed by atoms with Crippen molar-refractivity contribution in [2.24, 2.45) is 5.73 Å². The highest BCUT2D eigenvalue weighted by Crippen LogP contribution is 2.24. The van der Waals surface area contributed by atoms with Crippen LogP contribution in [0.1, 0.15) is 16.8 Å². The molecule has 1 aromatic carbocycles. The molecule has 1 unspecified atom stereocenters. The summed E-state index contributed by atoms with van der Waals surface area (Å²) in [6, 6.07) is 5.78. The Morgan fingerprint density at radius 2 is 1.90 bits per heavy atom. The second kappa shape index (κ2) is 5.72. The average molecular weight is 312 g/mol. The van der Waals surface area contributed by atoms with Crippen LogP contribution in [0.15, 0.2) is 24.3 Å². The van der Waals surface area contributed by atoms with Crippen molar-refractivity contribution in [2.45, 2.75) is 12.5 Å². The fourth-order valence-corrected chi connectivity index (χ4v) is 4.15. The third-order valence-electron chi connectivity index (χ3n) is 3.44. The predicted octanol–water partition coefficient (Wildman–Crippen LogP) is -0.136. The van der Waals surface area contributed by atoms with Gasteiger partial charge in [-0.05, 0) is 30.7 Å². The number of hydrogen-bond acceptors (Lipinski definition) is 5. The molecular formula is C13H16N2O5S. The van der Waals surface area contributed by atoms with Gasteiger partial charge in [0.25, 0.3) is 0 Å². The van der Waals surface area contributed by atoms with E-state index in [-0.39, 0.29) is 24.1 Å².